The van der Waals surface area contributed by atoms with E-state index in [1.54, 1.807) is 24.3 Å². The highest BCUT2D eigenvalue weighted by Gasteiger charge is 2.00. The van der Waals surface area contributed by atoms with Crippen LogP contribution in [0.25, 0.3) is 0 Å². The number of hydrazine groups is 1. The van der Waals surface area contributed by atoms with Crippen molar-refractivity contribution in [1.82, 2.24) is 0 Å². The van der Waals surface area contributed by atoms with Gasteiger partial charge in [-0.15, -0.1) is 0 Å². The Morgan fingerprint density at radius 2 is 1.75 bits per heavy atom. The molecule has 2 N–H and O–H groups in total. The van der Waals surface area contributed by atoms with Gasteiger partial charge in [0.1, 0.15) is 0 Å². The number of nitrogens with zero attached hydrogens (tertiary/aromatic N) is 1. The number of benzene rings is 1. The van der Waals surface area contributed by atoms with Crippen LogP contribution < -0.4 is 10.3 Å². The van der Waals surface area contributed by atoms with E-state index in [2.05, 4.69) is 15.9 Å². The third-order valence-electron chi connectivity index (χ3n) is 1.27. The van der Waals surface area contributed by atoms with Gasteiger partial charge in [0.15, 0.2) is 0 Å². The summed E-state index contributed by atoms with van der Waals surface area (Å²) in [6.07, 6.45) is 0. The van der Waals surface area contributed by atoms with Crippen LogP contribution in [0.4, 0.5) is 5.69 Å². The van der Waals surface area contributed by atoms with Gasteiger partial charge < -0.3 is 0 Å². The van der Waals surface area contributed by atoms with Gasteiger partial charge in [-0.3, -0.25) is 0 Å². The van der Waals surface area contributed by atoms with Gasteiger partial charge in [-0.2, -0.15) is 0 Å². The molecule has 66 valence electrons. The van der Waals surface area contributed by atoms with Crippen molar-refractivity contribution in [2.75, 3.05) is 4.41 Å². The zero-order valence-corrected chi connectivity index (χ0v) is 8.46. The number of rotatable bonds is 2. The molecule has 0 spiro atoms. The highest BCUT2D eigenvalue weighted by atomic mass is 79.9. The maximum atomic E-state index is 10.4. The van der Waals surface area contributed by atoms with Crippen molar-refractivity contribution in [1.29, 1.82) is 0 Å². The fourth-order valence-corrected chi connectivity index (χ4v) is 1.27. The van der Waals surface area contributed by atoms with Crippen molar-refractivity contribution in [2.45, 2.75) is 0 Å². The highest BCUT2D eigenvalue weighted by Crippen LogP contribution is 2.15. The van der Waals surface area contributed by atoms with Gasteiger partial charge in [-0.1, -0.05) is 15.9 Å². The average molecular weight is 251 g/mol. The third kappa shape index (κ3) is 2.20. The average Bonchev–Trinajstić information content (AvgIpc) is 2.04. The highest BCUT2D eigenvalue weighted by molar-refractivity contribution is 9.10. The fraction of sp³-hybridized carbons (Fsp3) is 0. The van der Waals surface area contributed by atoms with E-state index in [0.29, 0.717) is 10.1 Å². The number of nitrogens with two attached hydrogens (primary N) is 1. The third-order valence-corrected chi connectivity index (χ3v) is 2.38. The Kier molecular flexibility index (Phi) is 3.07. The lowest BCUT2D eigenvalue weighted by Crippen LogP contribution is -2.28. The maximum Gasteiger partial charge on any atom is 0.238 e. The monoisotopic (exact) mass is 250 g/mol. The molecule has 1 aromatic rings. The molecule has 0 aliphatic rings. The minimum absolute atomic E-state index is 0.439. The molecule has 1 aromatic carbocycles. The molecule has 0 aromatic heterocycles. The van der Waals surface area contributed by atoms with E-state index in [4.69, 9.17) is 5.84 Å². The Morgan fingerprint density at radius 1 is 1.25 bits per heavy atom. The first-order valence-corrected chi connectivity index (χ1v) is 4.98. The summed E-state index contributed by atoms with van der Waals surface area (Å²) in [5.74, 6) is 5.21. The van der Waals surface area contributed by atoms with E-state index in [0.717, 1.165) is 4.47 Å². The number of hydrogen-bond donors (Lipinski definition) is 2. The molecule has 0 amide bonds. The molecule has 0 aliphatic carbocycles. The van der Waals surface area contributed by atoms with Crippen molar-refractivity contribution in [3.8, 4) is 0 Å². The summed E-state index contributed by atoms with van der Waals surface area (Å²) in [7, 11) is -2.75. The van der Waals surface area contributed by atoms with Gasteiger partial charge in [-0.25, -0.2) is 18.7 Å². The van der Waals surface area contributed by atoms with Crippen LogP contribution in [0.15, 0.2) is 28.7 Å². The zero-order chi connectivity index (χ0) is 9.14. The van der Waals surface area contributed by atoms with Crippen LogP contribution in [0.2, 0.25) is 0 Å². The fourth-order valence-electron chi connectivity index (χ4n) is 0.688. The lowest BCUT2D eigenvalue weighted by Gasteiger charge is -2.09. The topological polar surface area (TPSA) is 63.4 Å². The first kappa shape index (κ1) is 9.50. The van der Waals surface area contributed by atoms with Crippen LogP contribution in [0.1, 0.15) is 0 Å². The second-order valence-corrected chi connectivity index (χ2v) is 3.88. The first-order valence-electron chi connectivity index (χ1n) is 3.06. The van der Waals surface area contributed by atoms with Crippen molar-refractivity contribution in [2.24, 2.45) is 5.84 Å². The summed E-state index contributed by atoms with van der Waals surface area (Å²) in [5.41, 5.74) is 0.439. The summed E-state index contributed by atoms with van der Waals surface area (Å²) in [6, 6.07) is 6.65. The van der Waals surface area contributed by atoms with Crippen molar-refractivity contribution >= 4 is 32.5 Å². The number of halogens is 1. The van der Waals surface area contributed by atoms with E-state index in [1.165, 1.54) is 0 Å². The van der Waals surface area contributed by atoms with E-state index in [1.807, 2.05) is 0 Å². The molecule has 0 saturated heterocycles. The lowest BCUT2D eigenvalue weighted by molar-refractivity contribution is 0.611. The second-order valence-electron chi connectivity index (χ2n) is 2.06. The van der Waals surface area contributed by atoms with Gasteiger partial charge in [0, 0.05) is 4.47 Å². The molecular formula is C6H7BrN2O2S. The normalized spacial score (nSPS) is 10.2. The molecule has 0 saturated carbocycles. The predicted octanol–water partition coefficient (Wildman–Crippen LogP) is 0.656. The molecular weight excluding hydrogens is 244 g/mol. The largest absolute Gasteiger partial charge is 0.238 e. The predicted molar refractivity (Wildman–Crippen MR) is 51.1 cm³/mol. The lowest BCUT2D eigenvalue weighted by atomic mass is 10.3. The molecule has 0 fully saturated rings. The molecule has 4 nitrogen and oxygen atoms in total. The minimum Gasteiger partial charge on any atom is -0.234 e. The van der Waals surface area contributed by atoms with Gasteiger partial charge in [0.05, 0.1) is 5.69 Å². The molecule has 0 heterocycles. The van der Waals surface area contributed by atoms with E-state index in [9.17, 15) is 8.42 Å². The SMILES string of the molecule is NN(c1ccc(Br)cc1)[SH](=O)=O. The van der Waals surface area contributed by atoms with Gasteiger partial charge in [0.25, 0.3) is 0 Å². The van der Waals surface area contributed by atoms with Crippen LogP contribution in [0, 0.1) is 0 Å². The molecule has 6 heteroatoms. The van der Waals surface area contributed by atoms with Crippen LogP contribution in [0.3, 0.4) is 0 Å². The van der Waals surface area contributed by atoms with Crippen molar-refractivity contribution in [3.63, 3.8) is 0 Å². The van der Waals surface area contributed by atoms with Crippen LogP contribution in [-0.4, -0.2) is 8.42 Å². The Hall–Kier alpha value is -0.590. The molecule has 12 heavy (non-hydrogen) atoms. The van der Waals surface area contributed by atoms with E-state index < -0.39 is 10.9 Å². The Balaban J connectivity index is 2.97. The van der Waals surface area contributed by atoms with Crippen LogP contribution in [0.5, 0.6) is 0 Å². The van der Waals surface area contributed by atoms with Crippen LogP contribution >= 0.6 is 15.9 Å². The Labute approximate surface area is 80.2 Å². The summed E-state index contributed by atoms with van der Waals surface area (Å²) in [5, 5.41) is 0. The quantitative estimate of drug-likeness (QED) is 0.461. The van der Waals surface area contributed by atoms with Gasteiger partial charge >= 0.3 is 0 Å². The molecule has 0 unspecified atom stereocenters. The number of thiol groups is 1. The standard InChI is InChI=1S/C6H7BrN2O2S/c7-5-1-3-6(4-2-5)9(8)12(10)11/h1-4,12H,8H2. The Bertz CT molecular complexity index is 328. The van der Waals surface area contributed by atoms with E-state index in [-0.39, 0.29) is 0 Å². The molecule has 0 bridgehead atoms. The Morgan fingerprint density at radius 3 is 2.17 bits per heavy atom. The van der Waals surface area contributed by atoms with Gasteiger partial charge in [-0.05, 0) is 24.3 Å². The zero-order valence-electron chi connectivity index (χ0n) is 5.98. The summed E-state index contributed by atoms with van der Waals surface area (Å²) < 4.78 is 22.4. The molecule has 0 radical (unpaired) electrons. The van der Waals surface area contributed by atoms with E-state index >= 15 is 0 Å². The smallest absolute Gasteiger partial charge is 0.234 e. The molecule has 0 atom stereocenters. The first-order chi connectivity index (χ1) is 5.61. The summed E-state index contributed by atoms with van der Waals surface area (Å²) in [6.45, 7) is 0. The summed E-state index contributed by atoms with van der Waals surface area (Å²) in [4.78, 5) is 0. The minimum atomic E-state index is -2.75. The number of hydrogen-bond acceptors (Lipinski definition) is 3. The molecule has 1 rings (SSSR count). The van der Waals surface area contributed by atoms with Crippen LogP contribution in [-0.2, 0) is 10.9 Å². The van der Waals surface area contributed by atoms with Gasteiger partial charge in [0.2, 0.25) is 10.9 Å². The second kappa shape index (κ2) is 3.88. The van der Waals surface area contributed by atoms with Crippen molar-refractivity contribution in [3.05, 3.63) is 28.7 Å². The maximum absolute atomic E-state index is 10.4. The summed E-state index contributed by atoms with van der Waals surface area (Å²) >= 11 is 3.22. The molecule has 0 aliphatic heterocycles. The van der Waals surface area contributed by atoms with Crippen molar-refractivity contribution < 1.29 is 8.42 Å². The number of anilines is 1.